The molecule has 29 heavy (non-hydrogen) atoms. The second-order valence-corrected chi connectivity index (χ2v) is 8.58. The van der Waals surface area contributed by atoms with Crippen LogP contribution >= 0.6 is 0 Å². The van der Waals surface area contributed by atoms with Crippen LogP contribution in [0.25, 0.3) is 0 Å². The van der Waals surface area contributed by atoms with Crippen LogP contribution in [0, 0.1) is 5.92 Å². The zero-order chi connectivity index (χ0) is 20.9. The molecule has 4 heteroatoms. The van der Waals surface area contributed by atoms with Crippen LogP contribution in [-0.4, -0.2) is 37.6 Å². The van der Waals surface area contributed by atoms with Gasteiger partial charge in [0.05, 0.1) is 18.8 Å². The molecular weight excluding hydrogens is 360 g/mol. The van der Waals surface area contributed by atoms with E-state index in [4.69, 9.17) is 10.5 Å². The molecule has 1 aliphatic rings. The highest BCUT2D eigenvalue weighted by molar-refractivity contribution is 6.03. The first kappa shape index (κ1) is 21.5. The van der Waals surface area contributed by atoms with Crippen LogP contribution in [0.15, 0.2) is 48.5 Å². The maximum absolute atomic E-state index is 13.2. The molecule has 3 rings (SSSR count). The van der Waals surface area contributed by atoms with Crippen LogP contribution < -0.4 is 10.6 Å². The van der Waals surface area contributed by atoms with Gasteiger partial charge in [-0.25, -0.2) is 0 Å². The van der Waals surface area contributed by atoms with Gasteiger partial charge in [-0.15, -0.1) is 0 Å². The summed E-state index contributed by atoms with van der Waals surface area (Å²) in [6, 6.07) is 16.4. The Hall–Kier alpha value is -2.17. The van der Waals surface area contributed by atoms with Crippen molar-refractivity contribution in [2.24, 2.45) is 11.7 Å². The van der Waals surface area contributed by atoms with Crippen LogP contribution in [0.2, 0.25) is 0 Å². The number of carbonyl (C=O) groups excluding carboxylic acids is 1. The Labute approximate surface area is 175 Å². The van der Waals surface area contributed by atoms with Crippen molar-refractivity contribution < 1.29 is 9.53 Å². The number of nitrogens with two attached hydrogens (primary N) is 1. The third-order valence-corrected chi connectivity index (χ3v) is 5.78. The van der Waals surface area contributed by atoms with Crippen LogP contribution in [0.3, 0.4) is 0 Å². The Bertz CT molecular complexity index is 793. The average molecular weight is 395 g/mol. The first-order chi connectivity index (χ1) is 13.9. The fourth-order valence-corrected chi connectivity index (χ4v) is 3.93. The minimum Gasteiger partial charge on any atom is -0.378 e. The van der Waals surface area contributed by atoms with E-state index in [0.717, 1.165) is 44.0 Å². The van der Waals surface area contributed by atoms with E-state index in [-0.39, 0.29) is 5.78 Å². The minimum absolute atomic E-state index is 0.0137. The molecule has 2 aromatic carbocycles. The highest BCUT2D eigenvalue weighted by atomic mass is 16.5. The molecule has 1 fully saturated rings. The highest BCUT2D eigenvalue weighted by Gasteiger charge is 2.33. The maximum atomic E-state index is 13.2. The van der Waals surface area contributed by atoms with Crippen molar-refractivity contribution in [1.29, 1.82) is 0 Å². The second-order valence-electron chi connectivity index (χ2n) is 8.58. The van der Waals surface area contributed by atoms with Crippen LogP contribution in [0.5, 0.6) is 0 Å². The molecule has 4 nitrogen and oxygen atoms in total. The SMILES string of the molecule is CCC(N)(Cc1ccc(CC(C)C)cc1)C(=O)c1ccc(N2CCOCC2)cc1. The van der Waals surface area contributed by atoms with Crippen LogP contribution in [-0.2, 0) is 17.6 Å². The lowest BCUT2D eigenvalue weighted by Crippen LogP contribution is -2.49. The van der Waals surface area contributed by atoms with Crippen LogP contribution in [0.1, 0.15) is 48.7 Å². The number of nitrogens with zero attached hydrogens (tertiary/aromatic N) is 1. The molecule has 0 radical (unpaired) electrons. The molecule has 2 aromatic rings. The van der Waals surface area contributed by atoms with E-state index in [9.17, 15) is 4.79 Å². The molecule has 1 unspecified atom stereocenters. The molecule has 0 aliphatic carbocycles. The Morgan fingerprint density at radius 3 is 2.17 bits per heavy atom. The standard InChI is InChI=1S/C25H34N2O2/c1-4-25(26,18-21-7-5-20(6-8-21)17-19(2)3)24(28)22-9-11-23(12-10-22)27-13-15-29-16-14-27/h5-12,19H,4,13-18,26H2,1-3H3. The molecular formula is C25H34N2O2. The topological polar surface area (TPSA) is 55.6 Å². The lowest BCUT2D eigenvalue weighted by molar-refractivity contribution is 0.0883. The van der Waals surface area contributed by atoms with Gasteiger partial charge < -0.3 is 15.4 Å². The van der Waals surface area contributed by atoms with Crippen molar-refractivity contribution in [3.8, 4) is 0 Å². The van der Waals surface area contributed by atoms with Crippen LogP contribution in [0.4, 0.5) is 5.69 Å². The van der Waals surface area contributed by atoms with Gasteiger partial charge in [0.15, 0.2) is 5.78 Å². The number of morpholine rings is 1. The summed E-state index contributed by atoms with van der Waals surface area (Å²) in [4.78, 5) is 15.5. The van der Waals surface area contributed by atoms with Gasteiger partial charge in [0, 0.05) is 24.3 Å². The van der Waals surface area contributed by atoms with Gasteiger partial charge in [0.25, 0.3) is 0 Å². The maximum Gasteiger partial charge on any atom is 0.182 e. The first-order valence-electron chi connectivity index (χ1n) is 10.8. The highest BCUT2D eigenvalue weighted by Crippen LogP contribution is 2.24. The summed E-state index contributed by atoms with van der Waals surface area (Å²) in [5.74, 6) is 0.645. The number of ketones is 1. The molecule has 0 amide bonds. The molecule has 1 heterocycles. The summed E-state index contributed by atoms with van der Waals surface area (Å²) < 4.78 is 5.41. The van der Waals surface area contributed by atoms with Crippen molar-refractivity contribution in [3.63, 3.8) is 0 Å². The van der Waals surface area contributed by atoms with Crippen molar-refractivity contribution in [2.45, 2.75) is 45.6 Å². The molecule has 156 valence electrons. The number of Topliss-reactive ketones (excluding diaryl/α,β-unsaturated/α-hetero) is 1. The van der Waals surface area contributed by atoms with Gasteiger partial charge in [-0.1, -0.05) is 45.0 Å². The lowest BCUT2D eigenvalue weighted by atomic mass is 9.82. The zero-order valence-corrected chi connectivity index (χ0v) is 18.0. The van der Waals surface area contributed by atoms with E-state index >= 15 is 0 Å². The van der Waals surface area contributed by atoms with Gasteiger partial charge in [-0.3, -0.25) is 4.79 Å². The van der Waals surface area contributed by atoms with Crippen molar-refractivity contribution in [1.82, 2.24) is 0 Å². The molecule has 1 aliphatic heterocycles. The predicted octanol–water partition coefficient (Wildman–Crippen LogP) is 4.25. The van der Waals surface area contributed by atoms with Gasteiger partial charge in [0.2, 0.25) is 0 Å². The quantitative estimate of drug-likeness (QED) is 0.680. The molecule has 0 bridgehead atoms. The number of anilines is 1. The second kappa shape index (κ2) is 9.55. The first-order valence-corrected chi connectivity index (χ1v) is 10.8. The smallest absolute Gasteiger partial charge is 0.182 e. The monoisotopic (exact) mass is 394 g/mol. The summed E-state index contributed by atoms with van der Waals surface area (Å²) >= 11 is 0. The fourth-order valence-electron chi connectivity index (χ4n) is 3.93. The molecule has 0 spiro atoms. The summed E-state index contributed by atoms with van der Waals surface area (Å²) in [6.45, 7) is 9.70. The fraction of sp³-hybridized carbons (Fsp3) is 0.480. The van der Waals surface area contributed by atoms with Gasteiger partial charge in [-0.2, -0.15) is 0 Å². The largest absolute Gasteiger partial charge is 0.378 e. The summed E-state index contributed by atoms with van der Waals surface area (Å²) in [7, 11) is 0. The summed E-state index contributed by atoms with van der Waals surface area (Å²) in [6.07, 6.45) is 2.22. The summed E-state index contributed by atoms with van der Waals surface area (Å²) in [5, 5.41) is 0. The Morgan fingerprint density at radius 2 is 1.62 bits per heavy atom. The number of rotatable bonds is 8. The van der Waals surface area contributed by atoms with E-state index < -0.39 is 5.54 Å². The number of benzene rings is 2. The van der Waals surface area contributed by atoms with E-state index in [2.05, 4.69) is 43.0 Å². The Morgan fingerprint density at radius 1 is 1.03 bits per heavy atom. The molecule has 0 saturated carbocycles. The lowest BCUT2D eigenvalue weighted by Gasteiger charge is -2.30. The zero-order valence-electron chi connectivity index (χ0n) is 18.0. The number of hydrogen-bond acceptors (Lipinski definition) is 4. The van der Waals surface area contributed by atoms with Crippen molar-refractivity contribution >= 4 is 11.5 Å². The molecule has 2 N–H and O–H groups in total. The van der Waals surface area contributed by atoms with E-state index in [0.29, 0.717) is 24.3 Å². The average Bonchev–Trinajstić information content (AvgIpc) is 2.75. The van der Waals surface area contributed by atoms with E-state index in [1.54, 1.807) is 0 Å². The summed E-state index contributed by atoms with van der Waals surface area (Å²) in [5.41, 5.74) is 9.99. The third-order valence-electron chi connectivity index (χ3n) is 5.78. The van der Waals surface area contributed by atoms with Crippen molar-refractivity contribution in [2.75, 3.05) is 31.2 Å². The Balaban J connectivity index is 1.71. The normalized spacial score (nSPS) is 16.7. The Kier molecular flexibility index (Phi) is 7.09. The molecule has 1 saturated heterocycles. The van der Waals surface area contributed by atoms with Crippen molar-refractivity contribution in [3.05, 3.63) is 65.2 Å². The number of carbonyl (C=O) groups is 1. The minimum atomic E-state index is -0.889. The van der Waals surface area contributed by atoms with E-state index in [1.165, 1.54) is 5.56 Å². The van der Waals surface area contributed by atoms with Gasteiger partial charge in [0.1, 0.15) is 0 Å². The van der Waals surface area contributed by atoms with Gasteiger partial charge >= 0.3 is 0 Å². The van der Waals surface area contributed by atoms with E-state index in [1.807, 2.05) is 31.2 Å². The van der Waals surface area contributed by atoms with Gasteiger partial charge in [-0.05, 0) is 60.6 Å². The number of ether oxygens (including phenoxy) is 1. The number of hydrogen-bond donors (Lipinski definition) is 1. The predicted molar refractivity (Wildman–Crippen MR) is 120 cm³/mol. The molecule has 0 aromatic heterocycles. The molecule has 1 atom stereocenters. The third kappa shape index (κ3) is 5.46.